The number of piperazine rings is 1. The number of hydrogen-bond donors (Lipinski definition) is 1. The number of benzene rings is 1. The number of nitrogens with one attached hydrogen (secondary N) is 1. The van der Waals surface area contributed by atoms with Gasteiger partial charge in [-0.25, -0.2) is 4.79 Å². The van der Waals surface area contributed by atoms with Crippen LogP contribution in [0.1, 0.15) is 18.4 Å². The van der Waals surface area contributed by atoms with Gasteiger partial charge < -0.3 is 19.9 Å². The van der Waals surface area contributed by atoms with E-state index in [9.17, 15) is 9.59 Å². The maximum Gasteiger partial charge on any atom is 0.321 e. The van der Waals surface area contributed by atoms with E-state index in [1.807, 2.05) is 13.0 Å². The Balaban J connectivity index is 1.53. The number of ether oxygens (including phenoxy) is 1. The zero-order valence-electron chi connectivity index (χ0n) is 13.8. The molecule has 2 fully saturated rings. The Hall–Kier alpha value is -1.79. The van der Waals surface area contributed by atoms with E-state index in [-0.39, 0.29) is 18.0 Å². The number of carbonyl (C=O) groups is 2. The lowest BCUT2D eigenvalue weighted by atomic mass is 10.2. The third-order valence-corrected chi connectivity index (χ3v) is 4.76. The molecule has 2 aliphatic rings. The Bertz CT molecular complexity index is 624. The van der Waals surface area contributed by atoms with E-state index >= 15 is 0 Å². The predicted octanol–water partition coefficient (Wildman–Crippen LogP) is 2.50. The molecular formula is C17H22ClN3O3. The fourth-order valence-corrected chi connectivity index (χ4v) is 3.20. The largest absolute Gasteiger partial charge is 0.368 e. The predicted molar refractivity (Wildman–Crippen MR) is 92.3 cm³/mol. The first-order valence-electron chi connectivity index (χ1n) is 8.27. The van der Waals surface area contributed by atoms with E-state index in [1.54, 1.807) is 21.9 Å². The van der Waals surface area contributed by atoms with Crippen molar-refractivity contribution in [3.05, 3.63) is 28.8 Å². The molecule has 1 aromatic rings. The molecule has 2 aliphatic heterocycles. The smallest absolute Gasteiger partial charge is 0.321 e. The lowest BCUT2D eigenvalue weighted by molar-refractivity contribution is -0.142. The molecular weight excluding hydrogens is 330 g/mol. The summed E-state index contributed by atoms with van der Waals surface area (Å²) in [7, 11) is 0. The number of halogens is 1. The van der Waals surface area contributed by atoms with Gasteiger partial charge in [-0.05, 0) is 37.5 Å². The zero-order valence-corrected chi connectivity index (χ0v) is 14.5. The minimum absolute atomic E-state index is 0.0539. The van der Waals surface area contributed by atoms with Crippen molar-refractivity contribution in [3.63, 3.8) is 0 Å². The lowest BCUT2D eigenvalue weighted by Gasteiger charge is -2.35. The van der Waals surface area contributed by atoms with Crippen LogP contribution in [0.4, 0.5) is 10.5 Å². The molecule has 0 aliphatic carbocycles. The van der Waals surface area contributed by atoms with Crippen molar-refractivity contribution in [2.45, 2.75) is 25.9 Å². The molecule has 1 atom stereocenters. The first-order valence-corrected chi connectivity index (χ1v) is 8.65. The number of anilines is 1. The van der Waals surface area contributed by atoms with Crippen LogP contribution in [0.5, 0.6) is 0 Å². The summed E-state index contributed by atoms with van der Waals surface area (Å²) in [5.41, 5.74) is 1.67. The Morgan fingerprint density at radius 1 is 1.21 bits per heavy atom. The summed E-state index contributed by atoms with van der Waals surface area (Å²) in [5.74, 6) is 0.0539. The van der Waals surface area contributed by atoms with Gasteiger partial charge >= 0.3 is 6.03 Å². The summed E-state index contributed by atoms with van der Waals surface area (Å²) in [6.45, 7) is 4.71. The second-order valence-electron chi connectivity index (χ2n) is 6.20. The number of nitrogens with zero attached hydrogens (tertiary/aromatic N) is 2. The Labute approximate surface area is 146 Å². The van der Waals surface area contributed by atoms with Crippen molar-refractivity contribution in [1.29, 1.82) is 0 Å². The molecule has 7 heteroatoms. The van der Waals surface area contributed by atoms with Crippen LogP contribution in [-0.2, 0) is 9.53 Å². The molecule has 1 N–H and O–H groups in total. The lowest BCUT2D eigenvalue weighted by Crippen LogP contribution is -2.53. The highest BCUT2D eigenvalue weighted by Crippen LogP contribution is 2.21. The molecule has 0 bridgehead atoms. The van der Waals surface area contributed by atoms with Gasteiger partial charge in [-0.15, -0.1) is 0 Å². The Morgan fingerprint density at radius 3 is 2.58 bits per heavy atom. The summed E-state index contributed by atoms with van der Waals surface area (Å²) >= 11 is 5.98. The van der Waals surface area contributed by atoms with Gasteiger partial charge in [0.2, 0.25) is 0 Å². The third kappa shape index (κ3) is 3.82. The average Bonchev–Trinajstić information content (AvgIpc) is 3.12. The average molecular weight is 352 g/mol. The first-order chi connectivity index (χ1) is 11.5. The number of aryl methyl sites for hydroxylation is 1. The summed E-state index contributed by atoms with van der Waals surface area (Å²) in [5, 5.41) is 3.48. The van der Waals surface area contributed by atoms with E-state index in [0.717, 1.165) is 18.4 Å². The van der Waals surface area contributed by atoms with Gasteiger partial charge in [0.1, 0.15) is 6.10 Å². The fraction of sp³-hybridized carbons (Fsp3) is 0.529. The SMILES string of the molecule is Cc1ccc(Cl)cc1NC(=O)N1CCN(C(=O)[C@H]2CCCO2)CC1. The van der Waals surface area contributed by atoms with Crippen LogP contribution in [0, 0.1) is 6.92 Å². The number of carbonyl (C=O) groups excluding carboxylic acids is 2. The monoisotopic (exact) mass is 351 g/mol. The van der Waals surface area contributed by atoms with E-state index in [2.05, 4.69) is 5.32 Å². The second-order valence-corrected chi connectivity index (χ2v) is 6.64. The fourth-order valence-electron chi connectivity index (χ4n) is 3.03. The van der Waals surface area contributed by atoms with Crippen molar-refractivity contribution in [1.82, 2.24) is 9.80 Å². The van der Waals surface area contributed by atoms with Crippen molar-refractivity contribution in [2.24, 2.45) is 0 Å². The van der Waals surface area contributed by atoms with Gasteiger partial charge in [0.15, 0.2) is 0 Å². The van der Waals surface area contributed by atoms with E-state index in [1.165, 1.54) is 0 Å². The first kappa shape index (κ1) is 17.0. The molecule has 0 aromatic heterocycles. The van der Waals surface area contributed by atoms with Crippen LogP contribution in [-0.4, -0.2) is 60.6 Å². The van der Waals surface area contributed by atoms with Gasteiger partial charge in [0, 0.05) is 43.5 Å². The maximum atomic E-state index is 12.4. The van der Waals surface area contributed by atoms with Crippen molar-refractivity contribution in [3.8, 4) is 0 Å². The highest BCUT2D eigenvalue weighted by atomic mass is 35.5. The van der Waals surface area contributed by atoms with E-state index < -0.39 is 0 Å². The molecule has 130 valence electrons. The molecule has 6 nitrogen and oxygen atoms in total. The van der Waals surface area contributed by atoms with Gasteiger partial charge in [-0.1, -0.05) is 17.7 Å². The van der Waals surface area contributed by atoms with Gasteiger partial charge in [0.25, 0.3) is 5.91 Å². The normalized spacial score (nSPS) is 21.0. The molecule has 0 spiro atoms. The molecule has 0 saturated carbocycles. The van der Waals surface area contributed by atoms with E-state index in [4.69, 9.17) is 16.3 Å². The maximum absolute atomic E-state index is 12.4. The quantitative estimate of drug-likeness (QED) is 0.890. The number of urea groups is 1. The molecule has 24 heavy (non-hydrogen) atoms. The van der Waals surface area contributed by atoms with Crippen LogP contribution in [0.15, 0.2) is 18.2 Å². The summed E-state index contributed by atoms with van der Waals surface area (Å²) in [6.07, 6.45) is 1.45. The molecule has 2 heterocycles. The van der Waals surface area contributed by atoms with Gasteiger partial charge in [-0.2, -0.15) is 0 Å². The van der Waals surface area contributed by atoms with Crippen LogP contribution < -0.4 is 5.32 Å². The third-order valence-electron chi connectivity index (χ3n) is 4.52. The Kier molecular flexibility index (Phi) is 5.26. The molecule has 1 aromatic carbocycles. The Morgan fingerprint density at radius 2 is 1.92 bits per heavy atom. The number of rotatable bonds is 2. The second kappa shape index (κ2) is 7.40. The minimum Gasteiger partial charge on any atom is -0.368 e. The highest BCUT2D eigenvalue weighted by Gasteiger charge is 2.31. The van der Waals surface area contributed by atoms with E-state index in [0.29, 0.717) is 43.5 Å². The summed E-state index contributed by atoms with van der Waals surface area (Å²) < 4.78 is 5.45. The topological polar surface area (TPSA) is 61.9 Å². The highest BCUT2D eigenvalue weighted by molar-refractivity contribution is 6.31. The van der Waals surface area contributed by atoms with Crippen molar-refractivity contribution < 1.29 is 14.3 Å². The zero-order chi connectivity index (χ0) is 17.1. The van der Waals surface area contributed by atoms with Crippen molar-refractivity contribution in [2.75, 3.05) is 38.1 Å². The van der Waals surface area contributed by atoms with Crippen LogP contribution in [0.3, 0.4) is 0 Å². The summed E-state index contributed by atoms with van der Waals surface area (Å²) in [6, 6.07) is 5.24. The minimum atomic E-state index is -0.292. The van der Waals surface area contributed by atoms with Crippen LogP contribution in [0.25, 0.3) is 0 Å². The standard InChI is InChI=1S/C17H22ClN3O3/c1-12-4-5-13(18)11-14(12)19-17(23)21-8-6-20(7-9-21)16(22)15-3-2-10-24-15/h4-5,11,15H,2-3,6-10H2,1H3,(H,19,23)/t15-/m1/s1. The number of amides is 3. The molecule has 3 rings (SSSR count). The molecule has 3 amide bonds. The van der Waals surface area contributed by atoms with Crippen molar-refractivity contribution >= 4 is 29.2 Å². The van der Waals surface area contributed by atoms with Gasteiger partial charge in [-0.3, -0.25) is 4.79 Å². The molecule has 0 unspecified atom stereocenters. The van der Waals surface area contributed by atoms with Crippen LogP contribution >= 0.6 is 11.6 Å². The molecule has 2 saturated heterocycles. The van der Waals surface area contributed by atoms with Gasteiger partial charge in [0.05, 0.1) is 0 Å². The summed E-state index contributed by atoms with van der Waals surface area (Å²) in [4.78, 5) is 28.2. The molecule has 0 radical (unpaired) electrons. The van der Waals surface area contributed by atoms with Crippen LogP contribution in [0.2, 0.25) is 5.02 Å². The number of hydrogen-bond acceptors (Lipinski definition) is 3.